The van der Waals surface area contributed by atoms with Gasteiger partial charge >= 0.3 is 0 Å². The fraction of sp³-hybridized carbons (Fsp3) is 0.188. The van der Waals surface area contributed by atoms with E-state index in [0.29, 0.717) is 22.0 Å². The number of rotatable bonds is 5. The number of phenols is 1. The van der Waals surface area contributed by atoms with Crippen LogP contribution in [-0.4, -0.2) is 10.9 Å². The molecule has 0 spiro atoms. The highest BCUT2D eigenvalue weighted by Gasteiger charge is 2.14. The molecule has 2 rings (SSSR count). The minimum atomic E-state index is -0.0315. The summed E-state index contributed by atoms with van der Waals surface area (Å²) in [6, 6.07) is 11.2. The molecule has 0 fully saturated rings. The Morgan fingerprint density at radius 3 is 2.62 bits per heavy atom. The lowest BCUT2D eigenvalue weighted by atomic mass is 10.0. The number of benzene rings is 2. The standard InChI is InChI=1S/C16H13ClI2O2/c17-13-6-2-1-4-10(13)5-3-7-15(20)12-8-11(18)9-14(19)16(12)21/h1-2,4,6,8-9,21H,3,5,7H2. The highest BCUT2D eigenvalue weighted by Crippen LogP contribution is 2.28. The van der Waals surface area contributed by atoms with Crippen LogP contribution in [0.25, 0.3) is 0 Å². The summed E-state index contributed by atoms with van der Waals surface area (Å²) in [6.45, 7) is 0. The zero-order valence-electron chi connectivity index (χ0n) is 11.1. The van der Waals surface area contributed by atoms with Crippen molar-refractivity contribution in [2.45, 2.75) is 19.3 Å². The molecule has 0 bridgehead atoms. The Morgan fingerprint density at radius 1 is 1.19 bits per heavy atom. The van der Waals surface area contributed by atoms with Crippen molar-refractivity contribution in [1.82, 2.24) is 0 Å². The second-order valence-electron chi connectivity index (χ2n) is 4.65. The van der Waals surface area contributed by atoms with E-state index in [2.05, 4.69) is 22.6 Å². The molecular weight excluding hydrogens is 513 g/mol. The van der Waals surface area contributed by atoms with E-state index in [0.717, 1.165) is 20.6 Å². The fourth-order valence-corrected chi connectivity index (χ4v) is 4.13. The number of phenolic OH excluding ortho intramolecular Hbond substituents is 1. The average Bonchev–Trinajstić information content (AvgIpc) is 2.44. The molecule has 0 aliphatic heterocycles. The Hall–Kier alpha value is -0.340. The number of hydrogen-bond acceptors (Lipinski definition) is 2. The Balaban J connectivity index is 2.01. The quantitative estimate of drug-likeness (QED) is 0.415. The molecule has 2 nitrogen and oxygen atoms in total. The van der Waals surface area contributed by atoms with Gasteiger partial charge in [-0.3, -0.25) is 4.79 Å². The molecule has 0 unspecified atom stereocenters. The van der Waals surface area contributed by atoms with Crippen LogP contribution in [0.1, 0.15) is 28.8 Å². The summed E-state index contributed by atoms with van der Waals surface area (Å²) in [5.41, 5.74) is 1.46. The van der Waals surface area contributed by atoms with Crippen LogP contribution in [-0.2, 0) is 6.42 Å². The normalized spacial score (nSPS) is 10.6. The van der Waals surface area contributed by atoms with Gasteiger partial charge in [0.25, 0.3) is 0 Å². The molecule has 110 valence electrons. The molecule has 0 heterocycles. The van der Waals surface area contributed by atoms with Gasteiger partial charge < -0.3 is 5.11 Å². The summed E-state index contributed by atoms with van der Waals surface area (Å²) in [5.74, 6) is 0.0507. The van der Waals surface area contributed by atoms with Crippen molar-refractivity contribution in [1.29, 1.82) is 0 Å². The Morgan fingerprint density at radius 2 is 1.90 bits per heavy atom. The number of ketones is 1. The number of carbonyl (C=O) groups excluding carboxylic acids is 1. The van der Waals surface area contributed by atoms with Gasteiger partial charge in [-0.05, 0) is 81.8 Å². The molecule has 0 aliphatic rings. The Labute approximate surface area is 156 Å². The van der Waals surface area contributed by atoms with Crippen molar-refractivity contribution in [3.63, 3.8) is 0 Å². The summed E-state index contributed by atoms with van der Waals surface area (Å²) in [7, 11) is 0. The molecule has 2 aromatic carbocycles. The predicted octanol–water partition coefficient (Wildman–Crippen LogP) is 5.46. The molecule has 21 heavy (non-hydrogen) atoms. The van der Waals surface area contributed by atoms with Crippen LogP contribution >= 0.6 is 56.8 Å². The number of aromatic hydroxyl groups is 1. The highest BCUT2D eigenvalue weighted by atomic mass is 127. The molecule has 0 radical (unpaired) electrons. The van der Waals surface area contributed by atoms with E-state index in [9.17, 15) is 9.90 Å². The third kappa shape index (κ3) is 4.56. The van der Waals surface area contributed by atoms with E-state index >= 15 is 0 Å². The van der Waals surface area contributed by atoms with Gasteiger partial charge in [-0.1, -0.05) is 29.8 Å². The van der Waals surface area contributed by atoms with Gasteiger partial charge in [-0.15, -0.1) is 0 Å². The van der Waals surface area contributed by atoms with Crippen molar-refractivity contribution in [3.05, 3.63) is 59.7 Å². The van der Waals surface area contributed by atoms with Crippen LogP contribution in [0.3, 0.4) is 0 Å². The molecule has 0 amide bonds. The molecule has 5 heteroatoms. The minimum Gasteiger partial charge on any atom is -0.506 e. The molecule has 0 saturated carbocycles. The van der Waals surface area contributed by atoms with Gasteiger partial charge in [0.1, 0.15) is 5.75 Å². The number of Topliss-reactive ketones (excluding diaryl/α,β-unsaturated/α-hetero) is 1. The smallest absolute Gasteiger partial charge is 0.166 e. The second-order valence-corrected chi connectivity index (χ2v) is 7.47. The van der Waals surface area contributed by atoms with Crippen molar-refractivity contribution in [2.24, 2.45) is 0 Å². The maximum Gasteiger partial charge on any atom is 0.166 e. The van der Waals surface area contributed by atoms with E-state index in [4.69, 9.17) is 11.6 Å². The summed E-state index contributed by atoms with van der Waals surface area (Å²) < 4.78 is 1.65. The maximum atomic E-state index is 12.2. The Kier molecular flexibility index (Phi) is 6.31. The SMILES string of the molecule is O=C(CCCc1ccccc1Cl)c1cc(I)cc(I)c1O. The minimum absolute atomic E-state index is 0.0315. The molecule has 1 N–H and O–H groups in total. The van der Waals surface area contributed by atoms with Gasteiger partial charge in [0, 0.05) is 15.0 Å². The summed E-state index contributed by atoms with van der Waals surface area (Å²) in [4.78, 5) is 12.2. The first-order chi connectivity index (χ1) is 9.99. The van der Waals surface area contributed by atoms with Crippen LogP contribution in [0.5, 0.6) is 5.75 Å². The maximum absolute atomic E-state index is 12.2. The van der Waals surface area contributed by atoms with E-state index in [1.807, 2.05) is 52.9 Å². The van der Waals surface area contributed by atoms with Crippen LogP contribution < -0.4 is 0 Å². The molecule has 0 aromatic heterocycles. The molecular formula is C16H13ClI2O2. The van der Waals surface area contributed by atoms with Gasteiger partial charge in [-0.2, -0.15) is 0 Å². The topological polar surface area (TPSA) is 37.3 Å². The molecule has 0 atom stereocenters. The van der Waals surface area contributed by atoms with Gasteiger partial charge in [0.05, 0.1) is 9.13 Å². The monoisotopic (exact) mass is 526 g/mol. The lowest BCUT2D eigenvalue weighted by Gasteiger charge is -2.07. The molecule has 2 aromatic rings. The van der Waals surface area contributed by atoms with Crippen LogP contribution in [0, 0.1) is 7.14 Å². The van der Waals surface area contributed by atoms with E-state index in [1.165, 1.54) is 0 Å². The van der Waals surface area contributed by atoms with Crippen LogP contribution in [0.2, 0.25) is 5.02 Å². The predicted molar refractivity (Wildman–Crippen MR) is 102 cm³/mol. The number of halogens is 3. The van der Waals surface area contributed by atoms with Gasteiger partial charge in [0.15, 0.2) is 5.78 Å². The second kappa shape index (κ2) is 7.78. The first kappa shape index (κ1) is 17.0. The van der Waals surface area contributed by atoms with Crippen molar-refractivity contribution >= 4 is 62.6 Å². The first-order valence-corrected chi connectivity index (χ1v) is 8.97. The lowest BCUT2D eigenvalue weighted by molar-refractivity contribution is 0.0977. The zero-order valence-corrected chi connectivity index (χ0v) is 16.1. The van der Waals surface area contributed by atoms with Crippen molar-refractivity contribution < 1.29 is 9.90 Å². The number of hydrogen-bond donors (Lipinski definition) is 1. The lowest BCUT2D eigenvalue weighted by Crippen LogP contribution is -2.02. The van der Waals surface area contributed by atoms with Crippen molar-refractivity contribution in [2.75, 3.05) is 0 Å². The first-order valence-electron chi connectivity index (χ1n) is 6.43. The van der Waals surface area contributed by atoms with Crippen molar-refractivity contribution in [3.8, 4) is 5.75 Å². The third-order valence-corrected chi connectivity index (χ3v) is 4.95. The van der Waals surface area contributed by atoms with Gasteiger partial charge in [0.2, 0.25) is 0 Å². The third-order valence-electron chi connectivity index (χ3n) is 3.14. The number of carbonyl (C=O) groups is 1. The summed E-state index contributed by atoms with van der Waals surface area (Å²) in [5, 5.41) is 10.7. The van der Waals surface area contributed by atoms with E-state index in [1.54, 1.807) is 6.07 Å². The van der Waals surface area contributed by atoms with E-state index in [-0.39, 0.29) is 11.5 Å². The highest BCUT2D eigenvalue weighted by molar-refractivity contribution is 14.1. The average molecular weight is 527 g/mol. The molecule has 0 saturated heterocycles. The largest absolute Gasteiger partial charge is 0.506 e. The Bertz CT molecular complexity index is 671. The molecule has 0 aliphatic carbocycles. The van der Waals surface area contributed by atoms with Crippen LogP contribution in [0.15, 0.2) is 36.4 Å². The van der Waals surface area contributed by atoms with Crippen LogP contribution in [0.4, 0.5) is 0 Å². The summed E-state index contributed by atoms with van der Waals surface area (Å²) in [6.07, 6.45) is 1.87. The summed E-state index contributed by atoms with van der Waals surface area (Å²) >= 11 is 10.3. The fourth-order valence-electron chi connectivity index (χ4n) is 2.05. The zero-order chi connectivity index (χ0) is 15.4. The van der Waals surface area contributed by atoms with Gasteiger partial charge in [-0.25, -0.2) is 0 Å². The van der Waals surface area contributed by atoms with E-state index < -0.39 is 0 Å². The number of aryl methyl sites for hydroxylation is 1.